The zero-order valence-corrected chi connectivity index (χ0v) is 14.6. The Morgan fingerprint density at radius 3 is 1.68 bits per heavy atom. The lowest BCUT2D eigenvalue weighted by atomic mass is 9.95. The molecule has 0 aromatic heterocycles. The number of alkyl halides is 9. The monoisotopic (exact) mass is 423 g/mol. The van der Waals surface area contributed by atoms with E-state index in [1.54, 1.807) is 0 Å². The van der Waals surface area contributed by atoms with Crippen LogP contribution in [-0.4, -0.2) is 41.3 Å². The molecule has 0 N–H and O–H groups in total. The van der Waals surface area contributed by atoms with Crippen molar-refractivity contribution in [1.82, 2.24) is 0 Å². The topological polar surface area (TPSA) is 38.7 Å². The minimum atomic E-state index is -7.12. The molecular weight excluding hydrogens is 409 g/mol. The van der Waals surface area contributed by atoms with Crippen LogP contribution in [0.15, 0.2) is 35.3 Å². The van der Waals surface area contributed by atoms with Gasteiger partial charge in [-0.1, -0.05) is 30.3 Å². The highest BCUT2D eigenvalue weighted by molar-refractivity contribution is 6.10. The average Bonchev–Trinajstić information content (AvgIpc) is 2.50. The van der Waals surface area contributed by atoms with Gasteiger partial charge in [-0.3, -0.25) is 0 Å². The Labute approximate surface area is 153 Å². The number of halogens is 9. The number of carbonyl (C=O) groups is 1. The molecule has 3 nitrogen and oxygen atoms in total. The van der Waals surface area contributed by atoms with E-state index in [1.807, 2.05) is 0 Å². The predicted molar refractivity (Wildman–Crippen MR) is 80.1 cm³/mol. The van der Waals surface area contributed by atoms with Gasteiger partial charge in [-0.15, -0.1) is 0 Å². The van der Waals surface area contributed by atoms with Gasteiger partial charge in [-0.2, -0.15) is 44.5 Å². The molecule has 0 fully saturated rings. The molecule has 1 amide bonds. The number of hydrogen-bond acceptors (Lipinski definition) is 2. The second kappa shape index (κ2) is 7.28. The van der Waals surface area contributed by atoms with Crippen molar-refractivity contribution in [3.8, 4) is 0 Å². The van der Waals surface area contributed by atoms with Crippen molar-refractivity contribution in [2.45, 2.75) is 50.3 Å². The first kappa shape index (κ1) is 23.8. The molecule has 0 atom stereocenters. The van der Waals surface area contributed by atoms with Crippen molar-refractivity contribution in [3.05, 3.63) is 35.9 Å². The van der Waals surface area contributed by atoms with Crippen molar-refractivity contribution in [2.24, 2.45) is 4.99 Å². The molecule has 1 rings (SSSR count). The maximum Gasteiger partial charge on any atom is 0.460 e. The van der Waals surface area contributed by atoms with Gasteiger partial charge in [-0.25, -0.2) is 4.79 Å². The summed E-state index contributed by atoms with van der Waals surface area (Å²) in [6.07, 6.45) is -8.87. The highest BCUT2D eigenvalue weighted by Crippen LogP contribution is 2.54. The van der Waals surface area contributed by atoms with Crippen molar-refractivity contribution in [2.75, 3.05) is 0 Å². The lowest BCUT2D eigenvalue weighted by molar-refractivity contribution is -0.384. The van der Waals surface area contributed by atoms with Crippen LogP contribution >= 0.6 is 0 Å². The molecule has 0 saturated heterocycles. The minimum Gasteiger partial charge on any atom is -0.442 e. The van der Waals surface area contributed by atoms with Gasteiger partial charge >= 0.3 is 30.0 Å². The normalized spacial score (nSPS) is 14.8. The van der Waals surface area contributed by atoms with E-state index in [1.165, 1.54) is 26.8 Å². The van der Waals surface area contributed by atoms with Crippen LogP contribution in [0, 0.1) is 0 Å². The van der Waals surface area contributed by atoms with Crippen LogP contribution in [-0.2, 0) is 4.74 Å². The standard InChI is InChI=1S/C16H14F9NO2/c1-12(2,3)28-11(27)26-10(9-7-5-4-6-8-9)13(17,18)14(19,20)15(21,22)16(23,24)25/h4-8H,1-3H3/b26-10+. The minimum absolute atomic E-state index is 0.679. The van der Waals surface area contributed by atoms with Gasteiger partial charge in [-0.05, 0) is 20.8 Å². The van der Waals surface area contributed by atoms with E-state index in [4.69, 9.17) is 0 Å². The van der Waals surface area contributed by atoms with E-state index >= 15 is 0 Å². The summed E-state index contributed by atoms with van der Waals surface area (Å²) in [5.41, 5.74) is -4.61. The number of rotatable bonds is 4. The van der Waals surface area contributed by atoms with Gasteiger partial charge in [0.2, 0.25) is 0 Å². The smallest absolute Gasteiger partial charge is 0.442 e. The van der Waals surface area contributed by atoms with Crippen LogP contribution in [0.2, 0.25) is 0 Å². The fourth-order valence-corrected chi connectivity index (χ4v) is 1.81. The molecule has 1 aromatic rings. The molecule has 0 unspecified atom stereocenters. The first-order chi connectivity index (χ1) is 12.3. The summed E-state index contributed by atoms with van der Waals surface area (Å²) in [6.45, 7) is 3.77. The van der Waals surface area contributed by atoms with E-state index in [-0.39, 0.29) is 0 Å². The number of benzene rings is 1. The Hall–Kier alpha value is -2.27. The number of amides is 1. The molecule has 0 aliphatic carbocycles. The number of carbonyl (C=O) groups excluding carboxylic acids is 1. The summed E-state index contributed by atoms with van der Waals surface area (Å²) in [4.78, 5) is 14.3. The second-order valence-corrected chi connectivity index (χ2v) is 6.53. The third-order valence-corrected chi connectivity index (χ3v) is 3.09. The Morgan fingerprint density at radius 2 is 1.29 bits per heavy atom. The van der Waals surface area contributed by atoms with Crippen molar-refractivity contribution >= 4 is 11.8 Å². The molecule has 0 aliphatic heterocycles. The Balaban J connectivity index is 3.63. The van der Waals surface area contributed by atoms with Gasteiger partial charge in [0.25, 0.3) is 0 Å². The first-order valence-corrected chi connectivity index (χ1v) is 7.42. The fourth-order valence-electron chi connectivity index (χ4n) is 1.81. The predicted octanol–water partition coefficient (Wildman–Crippen LogP) is 5.88. The van der Waals surface area contributed by atoms with Crippen LogP contribution in [0.25, 0.3) is 0 Å². The van der Waals surface area contributed by atoms with Crippen LogP contribution < -0.4 is 0 Å². The van der Waals surface area contributed by atoms with E-state index in [2.05, 4.69) is 9.73 Å². The molecule has 0 aliphatic rings. The molecule has 0 radical (unpaired) electrons. The van der Waals surface area contributed by atoms with Gasteiger partial charge in [0.1, 0.15) is 11.3 Å². The van der Waals surface area contributed by atoms with Crippen molar-refractivity contribution < 1.29 is 49.0 Å². The molecule has 12 heteroatoms. The van der Waals surface area contributed by atoms with E-state index in [0.29, 0.717) is 12.1 Å². The average molecular weight is 423 g/mol. The molecule has 0 saturated carbocycles. The summed E-state index contributed by atoms with van der Waals surface area (Å²) < 4.78 is 124. The largest absolute Gasteiger partial charge is 0.460 e. The fraction of sp³-hybridized carbons (Fsp3) is 0.500. The molecule has 1 aromatic carbocycles. The third-order valence-electron chi connectivity index (χ3n) is 3.09. The first-order valence-electron chi connectivity index (χ1n) is 7.42. The number of ether oxygens (including phenoxy) is 1. The van der Waals surface area contributed by atoms with Gasteiger partial charge in [0.05, 0.1) is 0 Å². The zero-order chi connectivity index (χ0) is 22.2. The van der Waals surface area contributed by atoms with Crippen LogP contribution in [0.3, 0.4) is 0 Å². The number of hydrogen-bond donors (Lipinski definition) is 0. The molecule has 0 heterocycles. The van der Waals surface area contributed by atoms with Crippen molar-refractivity contribution in [3.63, 3.8) is 0 Å². The highest BCUT2D eigenvalue weighted by atomic mass is 19.4. The maximum absolute atomic E-state index is 14.3. The van der Waals surface area contributed by atoms with E-state index in [0.717, 1.165) is 12.1 Å². The molecule has 0 spiro atoms. The summed E-state index contributed by atoms with van der Waals surface area (Å²) in [5, 5.41) is 0. The van der Waals surface area contributed by atoms with Gasteiger partial charge in [0, 0.05) is 5.56 Å². The second-order valence-electron chi connectivity index (χ2n) is 6.53. The van der Waals surface area contributed by atoms with Gasteiger partial charge < -0.3 is 4.74 Å². The summed E-state index contributed by atoms with van der Waals surface area (Å²) in [5.74, 6) is -20.3. The summed E-state index contributed by atoms with van der Waals surface area (Å²) >= 11 is 0. The summed E-state index contributed by atoms with van der Waals surface area (Å²) in [6, 6.07) is 4.57. The highest BCUT2D eigenvalue weighted by Gasteiger charge is 2.83. The third kappa shape index (κ3) is 4.58. The molecule has 158 valence electrons. The summed E-state index contributed by atoms with van der Waals surface area (Å²) in [7, 11) is 0. The van der Waals surface area contributed by atoms with E-state index in [9.17, 15) is 44.3 Å². The van der Waals surface area contributed by atoms with Crippen LogP contribution in [0.1, 0.15) is 26.3 Å². The molecule has 28 heavy (non-hydrogen) atoms. The number of nitrogens with zero attached hydrogens (tertiary/aromatic N) is 1. The van der Waals surface area contributed by atoms with Gasteiger partial charge in [0.15, 0.2) is 0 Å². The molecular formula is C16H14F9NO2. The van der Waals surface area contributed by atoms with Crippen LogP contribution in [0.4, 0.5) is 44.3 Å². The van der Waals surface area contributed by atoms with Crippen molar-refractivity contribution in [1.29, 1.82) is 0 Å². The number of aliphatic imine (C=N–C) groups is 1. The lowest BCUT2D eigenvalue weighted by Crippen LogP contribution is -2.63. The van der Waals surface area contributed by atoms with Crippen LogP contribution in [0.5, 0.6) is 0 Å². The SMILES string of the molecule is CC(C)(C)OC(=O)/N=C(\c1ccccc1)C(F)(F)C(F)(F)C(F)(F)C(F)(F)F. The van der Waals surface area contributed by atoms with E-state index < -0.39 is 46.9 Å². The maximum atomic E-state index is 14.3. The Kier molecular flexibility index (Phi) is 6.18. The zero-order valence-electron chi connectivity index (χ0n) is 14.6. The Bertz CT molecular complexity index is 735. The lowest BCUT2D eigenvalue weighted by Gasteiger charge is -2.34. The Morgan fingerprint density at radius 1 is 0.821 bits per heavy atom. The quantitative estimate of drug-likeness (QED) is 0.448. The molecule has 0 bridgehead atoms.